The molecule has 6 rings (SSSR count). The number of halogens is 3. The van der Waals surface area contributed by atoms with E-state index in [4.69, 9.17) is 0 Å². The minimum Gasteiger partial charge on any atom is -0.337 e. The summed E-state index contributed by atoms with van der Waals surface area (Å²) in [7, 11) is 1.87. The summed E-state index contributed by atoms with van der Waals surface area (Å²) in [6.07, 6.45) is 2.22. The molecule has 2 bridgehead atoms. The fourth-order valence-electron chi connectivity index (χ4n) is 5.19. The second-order valence-electron chi connectivity index (χ2n) is 9.67. The van der Waals surface area contributed by atoms with E-state index in [0.717, 1.165) is 42.2 Å². The molecule has 1 amide bonds. The molecule has 2 fully saturated rings. The molecule has 2 saturated heterocycles. The highest BCUT2D eigenvalue weighted by Crippen LogP contribution is 2.34. The molecule has 6 heterocycles. The van der Waals surface area contributed by atoms with Crippen LogP contribution >= 0.6 is 11.3 Å². The van der Waals surface area contributed by atoms with Gasteiger partial charge in [-0.1, -0.05) is 0 Å². The predicted molar refractivity (Wildman–Crippen MR) is 139 cm³/mol. The zero-order valence-electron chi connectivity index (χ0n) is 21.1. The van der Waals surface area contributed by atoms with Crippen molar-refractivity contribution in [1.29, 1.82) is 0 Å². The summed E-state index contributed by atoms with van der Waals surface area (Å²) in [6.45, 7) is 2.86. The smallest absolute Gasteiger partial charge is 0.337 e. The van der Waals surface area contributed by atoms with Gasteiger partial charge in [0.1, 0.15) is 5.82 Å². The maximum absolute atomic E-state index is 13.4. The lowest BCUT2D eigenvalue weighted by Gasteiger charge is -2.41. The molecule has 202 valence electrons. The molecular weight excluding hydrogens is 531 g/mol. The lowest BCUT2D eigenvalue weighted by Crippen LogP contribution is -2.56. The zero-order chi connectivity index (χ0) is 27.3. The van der Waals surface area contributed by atoms with Gasteiger partial charge in [0, 0.05) is 55.9 Å². The Hall–Kier alpha value is -4.07. The fourth-order valence-corrected chi connectivity index (χ4v) is 5.91. The Bertz CT molecular complexity index is 1490. The van der Waals surface area contributed by atoms with Gasteiger partial charge in [0.25, 0.3) is 5.91 Å². The summed E-state index contributed by atoms with van der Waals surface area (Å²) in [5.74, 6) is 0.703. The largest absolute Gasteiger partial charge is 0.419 e. The number of fused-ring (bicyclic) bond motifs is 2. The lowest BCUT2D eigenvalue weighted by molar-refractivity contribution is -0.138. The maximum Gasteiger partial charge on any atom is 0.419 e. The van der Waals surface area contributed by atoms with Gasteiger partial charge in [-0.15, -0.1) is 11.3 Å². The van der Waals surface area contributed by atoms with E-state index < -0.39 is 11.7 Å². The second-order valence-corrected chi connectivity index (χ2v) is 10.5. The summed E-state index contributed by atoms with van der Waals surface area (Å²) in [5.41, 5.74) is 2.29. The van der Waals surface area contributed by atoms with Crippen molar-refractivity contribution in [1.82, 2.24) is 34.6 Å². The molecule has 1 N–H and O–H groups in total. The van der Waals surface area contributed by atoms with E-state index in [9.17, 15) is 18.0 Å². The zero-order valence-corrected chi connectivity index (χ0v) is 21.9. The van der Waals surface area contributed by atoms with Crippen LogP contribution in [0.25, 0.3) is 11.3 Å². The molecule has 0 spiro atoms. The normalized spacial score (nSPS) is 19.0. The number of alkyl halides is 3. The van der Waals surface area contributed by atoms with Crippen LogP contribution in [0.15, 0.2) is 42.3 Å². The van der Waals surface area contributed by atoms with E-state index >= 15 is 0 Å². The molecule has 39 heavy (non-hydrogen) atoms. The van der Waals surface area contributed by atoms with Crippen LogP contribution in [0.1, 0.15) is 34.5 Å². The first-order chi connectivity index (χ1) is 18.7. The summed E-state index contributed by atoms with van der Waals surface area (Å²) in [6, 6.07) is 3.33. The van der Waals surface area contributed by atoms with Crippen molar-refractivity contribution >= 4 is 34.1 Å². The molecule has 0 saturated carbocycles. The number of carbonyl (C=O) groups is 1. The van der Waals surface area contributed by atoms with Crippen molar-refractivity contribution in [3.63, 3.8) is 0 Å². The maximum atomic E-state index is 13.4. The Balaban J connectivity index is 1.11. The first-order valence-electron chi connectivity index (χ1n) is 12.3. The van der Waals surface area contributed by atoms with Gasteiger partial charge in [0.05, 0.1) is 34.6 Å². The van der Waals surface area contributed by atoms with Gasteiger partial charge < -0.3 is 15.1 Å². The number of piperazine rings is 1. The number of aryl methyl sites for hydroxylation is 2. The minimum absolute atomic E-state index is 0.0791. The van der Waals surface area contributed by atoms with Crippen LogP contribution < -0.4 is 10.2 Å². The Kier molecular flexibility index (Phi) is 6.20. The fraction of sp³-hybridized carbons (Fsp3) is 0.360. The van der Waals surface area contributed by atoms with Crippen LogP contribution in [0.4, 0.5) is 30.1 Å². The van der Waals surface area contributed by atoms with Crippen molar-refractivity contribution < 1.29 is 18.0 Å². The van der Waals surface area contributed by atoms with Crippen molar-refractivity contribution in [2.45, 2.75) is 38.0 Å². The molecule has 0 aromatic carbocycles. The third-order valence-corrected chi connectivity index (χ3v) is 7.76. The summed E-state index contributed by atoms with van der Waals surface area (Å²) in [4.78, 5) is 34.0. The molecule has 0 radical (unpaired) electrons. The Morgan fingerprint density at radius 1 is 1.08 bits per heavy atom. The number of rotatable bonds is 5. The number of aromatic nitrogens is 6. The number of carbonyl (C=O) groups excluding carboxylic acids is 1. The minimum atomic E-state index is -4.48. The van der Waals surface area contributed by atoms with Crippen LogP contribution in [0.5, 0.6) is 0 Å². The number of thiazole rings is 1. The van der Waals surface area contributed by atoms with Gasteiger partial charge in [-0.05, 0) is 31.9 Å². The third-order valence-electron chi connectivity index (χ3n) is 7.00. The highest BCUT2D eigenvalue weighted by atomic mass is 32.1. The molecular formula is C25H24F3N9OS. The lowest BCUT2D eigenvalue weighted by atomic mass is 10.1. The van der Waals surface area contributed by atoms with Crippen LogP contribution in [0.3, 0.4) is 0 Å². The Morgan fingerprint density at radius 3 is 2.38 bits per heavy atom. The van der Waals surface area contributed by atoms with E-state index in [0.29, 0.717) is 29.6 Å². The molecule has 14 heteroatoms. The average Bonchev–Trinajstić information content (AvgIpc) is 3.58. The highest BCUT2D eigenvalue weighted by Gasteiger charge is 2.43. The summed E-state index contributed by atoms with van der Waals surface area (Å²) < 4.78 is 40.3. The van der Waals surface area contributed by atoms with Crippen LogP contribution in [0.2, 0.25) is 0 Å². The van der Waals surface area contributed by atoms with Gasteiger partial charge >= 0.3 is 6.18 Å². The molecule has 0 aliphatic carbocycles. The van der Waals surface area contributed by atoms with Crippen LogP contribution in [0, 0.1) is 6.92 Å². The van der Waals surface area contributed by atoms with Crippen molar-refractivity contribution in [2.75, 3.05) is 23.3 Å². The molecule has 4 aromatic rings. The van der Waals surface area contributed by atoms with E-state index in [-0.39, 0.29) is 23.9 Å². The van der Waals surface area contributed by atoms with Crippen LogP contribution in [-0.2, 0) is 13.2 Å². The van der Waals surface area contributed by atoms with Crippen molar-refractivity contribution in [2.24, 2.45) is 7.05 Å². The number of pyridine rings is 1. The number of hydrogen-bond donors (Lipinski definition) is 1. The number of anilines is 3. The van der Waals surface area contributed by atoms with Gasteiger partial charge in [-0.3, -0.25) is 9.48 Å². The number of hydrogen-bond acceptors (Lipinski definition) is 9. The van der Waals surface area contributed by atoms with Crippen molar-refractivity contribution in [3.05, 3.63) is 59.1 Å². The first-order valence-corrected chi connectivity index (χ1v) is 13.2. The van der Waals surface area contributed by atoms with Crippen molar-refractivity contribution in [3.8, 4) is 11.3 Å². The standard InChI is InChI=1S/C25H24F3N9OS/c1-14-19(12-35(2)34-14)20-13-39-24(32-20)33-21-6-3-15(7-29-21)22(38)37-17-4-5-18(37)11-36(10-17)23-30-8-16(9-31-23)25(26,27)28/h3,6-9,12-13,17-18H,4-5,10-11H2,1-2H3,(H,29,32,33). The number of amides is 1. The Labute approximate surface area is 225 Å². The van der Waals surface area contributed by atoms with Gasteiger partial charge in [-0.2, -0.15) is 18.3 Å². The summed E-state index contributed by atoms with van der Waals surface area (Å²) >= 11 is 1.45. The van der Waals surface area contributed by atoms with Gasteiger partial charge in [-0.25, -0.2) is 19.9 Å². The highest BCUT2D eigenvalue weighted by molar-refractivity contribution is 7.14. The topological polar surface area (TPSA) is 105 Å². The van der Waals surface area contributed by atoms with Gasteiger partial charge in [0.2, 0.25) is 5.95 Å². The first kappa shape index (κ1) is 25.2. The monoisotopic (exact) mass is 555 g/mol. The van der Waals surface area contributed by atoms with E-state index in [2.05, 4.69) is 30.4 Å². The number of nitrogens with zero attached hydrogens (tertiary/aromatic N) is 8. The van der Waals surface area contributed by atoms with Gasteiger partial charge in [0.15, 0.2) is 5.13 Å². The molecule has 2 aliphatic rings. The van der Waals surface area contributed by atoms with E-state index in [1.165, 1.54) is 11.3 Å². The van der Waals surface area contributed by atoms with E-state index in [1.807, 2.05) is 35.3 Å². The molecule has 2 aliphatic heterocycles. The average molecular weight is 556 g/mol. The molecule has 2 atom stereocenters. The third kappa shape index (κ3) is 4.91. The van der Waals surface area contributed by atoms with E-state index in [1.54, 1.807) is 23.0 Å². The second kappa shape index (κ2) is 9.59. The quantitative estimate of drug-likeness (QED) is 0.389. The number of nitrogens with one attached hydrogen (secondary N) is 1. The predicted octanol–water partition coefficient (Wildman–Crippen LogP) is 4.29. The Morgan fingerprint density at radius 2 is 1.79 bits per heavy atom. The van der Waals surface area contributed by atoms with Crippen LogP contribution in [-0.4, -0.2) is 65.7 Å². The molecule has 2 unspecified atom stereocenters. The summed E-state index contributed by atoms with van der Waals surface area (Å²) in [5, 5.41) is 10.2. The molecule has 4 aromatic heterocycles. The molecule has 10 nitrogen and oxygen atoms in total. The SMILES string of the molecule is Cc1nn(C)cc1-c1csc(Nc2ccc(C(=O)N3C4CCC3CN(c3ncc(C(F)(F)F)cn3)C4)cn2)n1.